The molecule has 2 N–H and O–H groups in total. The normalized spacial score (nSPS) is 11.3. The zero-order valence-electron chi connectivity index (χ0n) is 8.56. The first-order chi connectivity index (χ1) is 7.42. The van der Waals surface area contributed by atoms with E-state index in [0.29, 0.717) is 6.54 Å². The molecule has 0 bridgehead atoms. The van der Waals surface area contributed by atoms with Crippen molar-refractivity contribution in [1.82, 2.24) is 4.98 Å². The molecule has 0 saturated carbocycles. The SMILES string of the molecule is NCCC=Cc1cccc2cccnc12. The summed E-state index contributed by atoms with van der Waals surface area (Å²) in [4.78, 5) is 4.38. The first-order valence-corrected chi connectivity index (χ1v) is 5.12. The number of para-hydroxylation sites is 1. The summed E-state index contributed by atoms with van der Waals surface area (Å²) in [6.07, 6.45) is 6.90. The lowest BCUT2D eigenvalue weighted by molar-refractivity contribution is 1.01. The number of nitrogens with two attached hydrogens (primary N) is 1. The van der Waals surface area contributed by atoms with Crippen LogP contribution in [-0.2, 0) is 0 Å². The van der Waals surface area contributed by atoms with E-state index in [0.717, 1.165) is 17.5 Å². The highest BCUT2D eigenvalue weighted by molar-refractivity contribution is 5.86. The molecule has 0 radical (unpaired) electrons. The minimum atomic E-state index is 0.689. The Morgan fingerprint density at radius 1 is 1.20 bits per heavy atom. The predicted octanol–water partition coefficient (Wildman–Crippen LogP) is 2.60. The fourth-order valence-corrected chi connectivity index (χ4v) is 1.57. The van der Waals surface area contributed by atoms with Crippen LogP contribution in [0.1, 0.15) is 12.0 Å². The van der Waals surface area contributed by atoms with Gasteiger partial charge in [-0.3, -0.25) is 4.98 Å². The molecule has 0 aliphatic carbocycles. The van der Waals surface area contributed by atoms with Crippen molar-refractivity contribution in [3.63, 3.8) is 0 Å². The zero-order valence-corrected chi connectivity index (χ0v) is 8.56. The number of hydrogen-bond donors (Lipinski definition) is 1. The fraction of sp³-hybridized carbons (Fsp3) is 0.154. The maximum absolute atomic E-state index is 5.44. The van der Waals surface area contributed by atoms with Gasteiger partial charge in [-0.15, -0.1) is 0 Å². The molecule has 0 aliphatic heterocycles. The topological polar surface area (TPSA) is 38.9 Å². The Labute approximate surface area is 89.4 Å². The highest BCUT2D eigenvalue weighted by Gasteiger charge is 1.96. The number of fused-ring (bicyclic) bond motifs is 1. The van der Waals surface area contributed by atoms with Crippen molar-refractivity contribution in [3.05, 3.63) is 48.2 Å². The third-order valence-corrected chi connectivity index (χ3v) is 2.29. The molecular formula is C13H14N2. The van der Waals surface area contributed by atoms with Crippen LogP contribution in [0.15, 0.2) is 42.6 Å². The summed E-state index contributed by atoms with van der Waals surface area (Å²) < 4.78 is 0. The maximum Gasteiger partial charge on any atom is 0.0774 e. The van der Waals surface area contributed by atoms with Gasteiger partial charge in [0.1, 0.15) is 0 Å². The van der Waals surface area contributed by atoms with E-state index in [1.807, 2.05) is 18.3 Å². The molecular weight excluding hydrogens is 184 g/mol. The van der Waals surface area contributed by atoms with Crippen LogP contribution in [-0.4, -0.2) is 11.5 Å². The number of aromatic nitrogens is 1. The van der Waals surface area contributed by atoms with Crippen molar-refractivity contribution in [2.45, 2.75) is 6.42 Å². The van der Waals surface area contributed by atoms with E-state index in [-0.39, 0.29) is 0 Å². The quantitative estimate of drug-likeness (QED) is 0.823. The average Bonchev–Trinajstić information content (AvgIpc) is 2.30. The van der Waals surface area contributed by atoms with Crippen LogP contribution >= 0.6 is 0 Å². The van der Waals surface area contributed by atoms with Crippen LogP contribution in [0.2, 0.25) is 0 Å². The molecule has 0 fully saturated rings. The lowest BCUT2D eigenvalue weighted by Crippen LogP contribution is -1.95. The van der Waals surface area contributed by atoms with Crippen LogP contribution in [0.3, 0.4) is 0 Å². The van der Waals surface area contributed by atoms with E-state index in [1.165, 1.54) is 5.39 Å². The summed E-state index contributed by atoms with van der Waals surface area (Å²) in [5, 5.41) is 1.17. The molecule has 1 heterocycles. The highest BCUT2D eigenvalue weighted by atomic mass is 14.6. The van der Waals surface area contributed by atoms with E-state index < -0.39 is 0 Å². The van der Waals surface area contributed by atoms with Crippen LogP contribution in [0.5, 0.6) is 0 Å². The van der Waals surface area contributed by atoms with Gasteiger partial charge in [0.2, 0.25) is 0 Å². The lowest BCUT2D eigenvalue weighted by Gasteiger charge is -2.00. The second-order valence-electron chi connectivity index (χ2n) is 3.40. The second kappa shape index (κ2) is 4.71. The Kier molecular flexibility index (Phi) is 3.10. The van der Waals surface area contributed by atoms with Gasteiger partial charge in [0.15, 0.2) is 0 Å². The zero-order chi connectivity index (χ0) is 10.5. The summed E-state index contributed by atoms with van der Waals surface area (Å²) >= 11 is 0. The number of benzene rings is 1. The molecule has 76 valence electrons. The number of pyridine rings is 1. The van der Waals surface area contributed by atoms with Gasteiger partial charge in [-0.2, -0.15) is 0 Å². The van der Waals surface area contributed by atoms with Gasteiger partial charge < -0.3 is 5.73 Å². The van der Waals surface area contributed by atoms with E-state index in [1.54, 1.807) is 0 Å². The van der Waals surface area contributed by atoms with E-state index in [2.05, 4.69) is 35.3 Å². The molecule has 1 aromatic heterocycles. The summed E-state index contributed by atoms with van der Waals surface area (Å²) in [7, 11) is 0. The Morgan fingerprint density at radius 2 is 2.07 bits per heavy atom. The van der Waals surface area contributed by atoms with Crippen molar-refractivity contribution < 1.29 is 0 Å². The molecule has 1 aromatic carbocycles. The standard InChI is InChI=1S/C13H14N2/c14-9-2-1-5-11-6-3-7-12-8-4-10-15-13(11)12/h1,3-8,10H,2,9,14H2. The van der Waals surface area contributed by atoms with Crippen molar-refractivity contribution in [1.29, 1.82) is 0 Å². The van der Waals surface area contributed by atoms with Crippen molar-refractivity contribution in [2.24, 2.45) is 5.73 Å². The maximum atomic E-state index is 5.44. The second-order valence-corrected chi connectivity index (χ2v) is 3.40. The Hall–Kier alpha value is -1.67. The minimum Gasteiger partial charge on any atom is -0.330 e. The van der Waals surface area contributed by atoms with Crippen molar-refractivity contribution in [3.8, 4) is 0 Å². The van der Waals surface area contributed by atoms with Gasteiger partial charge in [-0.1, -0.05) is 36.4 Å². The molecule has 2 rings (SSSR count). The third-order valence-electron chi connectivity index (χ3n) is 2.29. The molecule has 2 heteroatoms. The monoisotopic (exact) mass is 198 g/mol. The van der Waals surface area contributed by atoms with Crippen LogP contribution in [0, 0.1) is 0 Å². The average molecular weight is 198 g/mol. The van der Waals surface area contributed by atoms with Gasteiger partial charge in [0.05, 0.1) is 5.52 Å². The van der Waals surface area contributed by atoms with Crippen LogP contribution in [0.4, 0.5) is 0 Å². The third kappa shape index (κ3) is 2.22. The summed E-state index contributed by atoms with van der Waals surface area (Å²) in [5.41, 5.74) is 7.64. The van der Waals surface area contributed by atoms with Crippen LogP contribution in [0.25, 0.3) is 17.0 Å². The largest absolute Gasteiger partial charge is 0.330 e. The first-order valence-electron chi connectivity index (χ1n) is 5.12. The number of rotatable bonds is 3. The molecule has 0 saturated heterocycles. The van der Waals surface area contributed by atoms with E-state index >= 15 is 0 Å². The summed E-state index contributed by atoms with van der Waals surface area (Å²) in [6.45, 7) is 0.689. The van der Waals surface area contributed by atoms with Crippen molar-refractivity contribution >= 4 is 17.0 Å². The number of nitrogens with zero attached hydrogens (tertiary/aromatic N) is 1. The van der Waals surface area contributed by atoms with Gasteiger partial charge in [-0.05, 0) is 19.0 Å². The van der Waals surface area contributed by atoms with Gasteiger partial charge >= 0.3 is 0 Å². The summed E-state index contributed by atoms with van der Waals surface area (Å²) in [6, 6.07) is 10.2. The Bertz CT molecular complexity index is 469. The number of hydrogen-bond acceptors (Lipinski definition) is 2. The lowest BCUT2D eigenvalue weighted by atomic mass is 10.1. The predicted molar refractivity (Wildman–Crippen MR) is 64.4 cm³/mol. The molecule has 2 aromatic rings. The Morgan fingerprint density at radius 3 is 2.93 bits per heavy atom. The molecule has 15 heavy (non-hydrogen) atoms. The van der Waals surface area contributed by atoms with E-state index in [4.69, 9.17) is 5.73 Å². The smallest absolute Gasteiger partial charge is 0.0774 e. The molecule has 2 nitrogen and oxygen atoms in total. The highest BCUT2D eigenvalue weighted by Crippen LogP contribution is 2.17. The van der Waals surface area contributed by atoms with Gasteiger partial charge in [0, 0.05) is 17.1 Å². The molecule has 0 unspecified atom stereocenters. The first kappa shape index (κ1) is 9.87. The Balaban J connectivity index is 2.42. The molecule has 0 amide bonds. The summed E-state index contributed by atoms with van der Waals surface area (Å²) in [5.74, 6) is 0. The van der Waals surface area contributed by atoms with Gasteiger partial charge in [-0.25, -0.2) is 0 Å². The molecule has 0 spiro atoms. The fourth-order valence-electron chi connectivity index (χ4n) is 1.57. The van der Waals surface area contributed by atoms with Crippen LogP contribution < -0.4 is 5.73 Å². The van der Waals surface area contributed by atoms with E-state index in [9.17, 15) is 0 Å². The minimum absolute atomic E-state index is 0.689. The van der Waals surface area contributed by atoms with Crippen molar-refractivity contribution in [2.75, 3.05) is 6.54 Å². The molecule has 0 atom stereocenters. The molecule has 0 aliphatic rings. The van der Waals surface area contributed by atoms with Gasteiger partial charge in [0.25, 0.3) is 0 Å².